The first-order valence-corrected chi connectivity index (χ1v) is 6.62. The average molecular weight is 257 g/mol. The molecule has 0 aliphatic heterocycles. The Bertz CT molecular complexity index is 546. The van der Waals surface area contributed by atoms with Crippen LogP contribution in [0, 0.1) is 19.7 Å². The van der Waals surface area contributed by atoms with Gasteiger partial charge in [0, 0.05) is 5.92 Å². The van der Waals surface area contributed by atoms with E-state index in [-0.39, 0.29) is 11.7 Å². The number of rotatable bonds is 4. The van der Waals surface area contributed by atoms with Gasteiger partial charge in [0.05, 0.1) is 0 Å². The van der Waals surface area contributed by atoms with Gasteiger partial charge in [0.2, 0.25) is 0 Å². The summed E-state index contributed by atoms with van der Waals surface area (Å²) >= 11 is 0. The van der Waals surface area contributed by atoms with Gasteiger partial charge in [-0.3, -0.25) is 0 Å². The van der Waals surface area contributed by atoms with E-state index in [9.17, 15) is 4.39 Å². The molecule has 100 valence electrons. The minimum Gasteiger partial charge on any atom is -0.330 e. The summed E-state index contributed by atoms with van der Waals surface area (Å²) in [6, 6.07) is 13.1. The number of halogens is 1. The first-order valence-electron chi connectivity index (χ1n) is 6.62. The van der Waals surface area contributed by atoms with Crippen molar-refractivity contribution in [3.8, 4) is 0 Å². The monoisotopic (exact) mass is 257 g/mol. The Morgan fingerprint density at radius 1 is 1.05 bits per heavy atom. The summed E-state index contributed by atoms with van der Waals surface area (Å²) in [5, 5.41) is 0. The van der Waals surface area contributed by atoms with E-state index in [0.717, 1.165) is 12.0 Å². The molecule has 1 nitrogen and oxygen atoms in total. The molecule has 0 bridgehead atoms. The van der Waals surface area contributed by atoms with Crippen molar-refractivity contribution in [2.45, 2.75) is 26.2 Å². The van der Waals surface area contributed by atoms with Crippen LogP contribution in [0.15, 0.2) is 42.5 Å². The summed E-state index contributed by atoms with van der Waals surface area (Å²) in [5.41, 5.74) is 10.8. The summed E-state index contributed by atoms with van der Waals surface area (Å²) in [5.74, 6) is 0.0346. The molecule has 0 radical (unpaired) electrons. The Morgan fingerprint density at radius 2 is 1.74 bits per heavy atom. The van der Waals surface area contributed by atoms with E-state index in [4.69, 9.17) is 5.73 Å². The minimum atomic E-state index is -0.203. The van der Waals surface area contributed by atoms with Gasteiger partial charge in [-0.1, -0.05) is 35.9 Å². The molecular formula is C17H20FN. The molecule has 0 saturated heterocycles. The number of nitrogens with two attached hydrogens (primary N) is 1. The van der Waals surface area contributed by atoms with Gasteiger partial charge in [0.1, 0.15) is 5.82 Å². The number of hydrogen-bond donors (Lipinski definition) is 1. The summed E-state index contributed by atoms with van der Waals surface area (Å²) in [7, 11) is 0. The van der Waals surface area contributed by atoms with Gasteiger partial charge in [-0.2, -0.15) is 0 Å². The standard InChI is InChI=1S/C17H20FN/c1-12-3-4-13(2)15(9-12)10-16(11-19)14-5-7-17(18)8-6-14/h3-9,16H,10-11,19H2,1-2H3. The summed E-state index contributed by atoms with van der Waals surface area (Å²) < 4.78 is 13.0. The number of benzene rings is 2. The Balaban J connectivity index is 2.23. The van der Waals surface area contributed by atoms with Gasteiger partial charge in [-0.25, -0.2) is 4.39 Å². The zero-order valence-corrected chi connectivity index (χ0v) is 11.5. The molecule has 1 atom stereocenters. The van der Waals surface area contributed by atoms with E-state index in [0.29, 0.717) is 6.54 Å². The van der Waals surface area contributed by atoms with Gasteiger partial charge in [0.25, 0.3) is 0 Å². The molecular weight excluding hydrogens is 237 g/mol. The maximum Gasteiger partial charge on any atom is 0.123 e. The van der Waals surface area contributed by atoms with Crippen molar-refractivity contribution in [3.63, 3.8) is 0 Å². The van der Waals surface area contributed by atoms with Crippen LogP contribution in [-0.4, -0.2) is 6.54 Å². The van der Waals surface area contributed by atoms with E-state index in [1.54, 1.807) is 0 Å². The third-order valence-electron chi connectivity index (χ3n) is 3.60. The van der Waals surface area contributed by atoms with Crippen molar-refractivity contribution in [2.24, 2.45) is 5.73 Å². The van der Waals surface area contributed by atoms with Crippen molar-refractivity contribution in [3.05, 3.63) is 70.5 Å². The quantitative estimate of drug-likeness (QED) is 0.887. The molecule has 2 aromatic rings. The lowest BCUT2D eigenvalue weighted by atomic mass is 9.89. The highest BCUT2D eigenvalue weighted by molar-refractivity contribution is 5.33. The van der Waals surface area contributed by atoms with Crippen LogP contribution in [0.25, 0.3) is 0 Å². The SMILES string of the molecule is Cc1ccc(C)c(CC(CN)c2ccc(F)cc2)c1. The second-order valence-corrected chi connectivity index (χ2v) is 5.12. The van der Waals surface area contributed by atoms with Gasteiger partial charge in [-0.05, 0) is 55.6 Å². The lowest BCUT2D eigenvalue weighted by Crippen LogP contribution is -2.15. The minimum absolute atomic E-state index is 0.203. The van der Waals surface area contributed by atoms with Crippen molar-refractivity contribution in [2.75, 3.05) is 6.54 Å². The smallest absolute Gasteiger partial charge is 0.123 e. The van der Waals surface area contributed by atoms with Crippen LogP contribution < -0.4 is 5.73 Å². The van der Waals surface area contributed by atoms with Crippen molar-refractivity contribution >= 4 is 0 Å². The van der Waals surface area contributed by atoms with Gasteiger partial charge in [-0.15, -0.1) is 0 Å². The topological polar surface area (TPSA) is 26.0 Å². The van der Waals surface area contributed by atoms with Crippen molar-refractivity contribution in [1.29, 1.82) is 0 Å². The van der Waals surface area contributed by atoms with E-state index in [1.165, 1.54) is 28.8 Å². The molecule has 0 fully saturated rings. The van der Waals surface area contributed by atoms with E-state index in [1.807, 2.05) is 12.1 Å². The zero-order valence-electron chi connectivity index (χ0n) is 11.5. The van der Waals surface area contributed by atoms with Crippen LogP contribution in [0.2, 0.25) is 0 Å². The molecule has 2 heteroatoms. The van der Waals surface area contributed by atoms with Gasteiger partial charge < -0.3 is 5.73 Å². The first-order chi connectivity index (χ1) is 9.10. The van der Waals surface area contributed by atoms with Crippen LogP contribution in [0.4, 0.5) is 4.39 Å². The fourth-order valence-electron chi connectivity index (χ4n) is 2.36. The lowest BCUT2D eigenvalue weighted by molar-refractivity contribution is 0.623. The highest BCUT2D eigenvalue weighted by atomic mass is 19.1. The summed E-state index contributed by atoms with van der Waals surface area (Å²) in [6.45, 7) is 4.78. The van der Waals surface area contributed by atoms with Gasteiger partial charge in [0.15, 0.2) is 0 Å². The second kappa shape index (κ2) is 5.98. The summed E-state index contributed by atoms with van der Waals surface area (Å²) in [4.78, 5) is 0. The molecule has 2 N–H and O–H groups in total. The molecule has 0 heterocycles. The van der Waals surface area contributed by atoms with Crippen molar-refractivity contribution < 1.29 is 4.39 Å². The van der Waals surface area contributed by atoms with E-state index in [2.05, 4.69) is 32.0 Å². The average Bonchev–Trinajstić information content (AvgIpc) is 2.41. The van der Waals surface area contributed by atoms with Crippen LogP contribution in [0.5, 0.6) is 0 Å². The molecule has 2 rings (SSSR count). The predicted octanol–water partition coefficient (Wildman–Crippen LogP) is 3.73. The van der Waals surface area contributed by atoms with Crippen LogP contribution >= 0.6 is 0 Å². The summed E-state index contributed by atoms with van der Waals surface area (Å²) in [6.07, 6.45) is 0.898. The maximum absolute atomic E-state index is 13.0. The zero-order chi connectivity index (χ0) is 13.8. The third-order valence-corrected chi connectivity index (χ3v) is 3.60. The lowest BCUT2D eigenvalue weighted by Gasteiger charge is -2.17. The Kier molecular flexibility index (Phi) is 4.33. The molecule has 2 aromatic carbocycles. The highest BCUT2D eigenvalue weighted by Gasteiger charge is 2.12. The maximum atomic E-state index is 13.0. The van der Waals surface area contributed by atoms with Crippen LogP contribution in [-0.2, 0) is 6.42 Å². The largest absolute Gasteiger partial charge is 0.330 e. The number of hydrogen-bond acceptors (Lipinski definition) is 1. The first kappa shape index (κ1) is 13.8. The highest BCUT2D eigenvalue weighted by Crippen LogP contribution is 2.23. The van der Waals surface area contributed by atoms with Gasteiger partial charge >= 0.3 is 0 Å². The Hall–Kier alpha value is -1.67. The van der Waals surface area contributed by atoms with Crippen molar-refractivity contribution in [1.82, 2.24) is 0 Å². The number of aryl methyl sites for hydroxylation is 2. The fourth-order valence-corrected chi connectivity index (χ4v) is 2.36. The molecule has 1 unspecified atom stereocenters. The van der Waals surface area contributed by atoms with Crippen LogP contribution in [0.1, 0.15) is 28.2 Å². The third kappa shape index (κ3) is 3.42. The molecule has 0 aliphatic carbocycles. The Morgan fingerprint density at radius 3 is 2.37 bits per heavy atom. The molecule has 19 heavy (non-hydrogen) atoms. The fraction of sp³-hybridized carbons (Fsp3) is 0.294. The van der Waals surface area contributed by atoms with E-state index >= 15 is 0 Å². The molecule has 0 aromatic heterocycles. The molecule has 0 spiro atoms. The predicted molar refractivity (Wildman–Crippen MR) is 77.8 cm³/mol. The van der Waals surface area contributed by atoms with Crippen LogP contribution in [0.3, 0.4) is 0 Å². The molecule has 0 saturated carbocycles. The molecule has 0 aliphatic rings. The molecule has 0 amide bonds. The Labute approximate surface area is 114 Å². The normalized spacial score (nSPS) is 12.4. The second-order valence-electron chi connectivity index (χ2n) is 5.12. The van der Waals surface area contributed by atoms with E-state index < -0.39 is 0 Å².